The van der Waals surface area contributed by atoms with Crippen LogP contribution < -0.4 is 0 Å². The standard InChI is InChI=1S/C54H38O/c1-53(2)44-22-12-11-20-39(44)52-40(21-13-23-45(52)53)51-37-18-9-7-16-35(37)50(36-17-8-10-19-38(36)51)33-24-25-34-41-30-49-43(29-47(41)54(3,4)46(34)27-33)42-26-31-14-5-6-15-32(31)28-48(42)55-49/h5-30H,1-4H3. The first-order valence-corrected chi connectivity index (χ1v) is 19.5. The first-order chi connectivity index (χ1) is 26.8. The van der Waals surface area contributed by atoms with Crippen molar-refractivity contribution in [1.29, 1.82) is 0 Å². The molecule has 0 bridgehead atoms. The lowest BCUT2D eigenvalue weighted by Crippen LogP contribution is -2.15. The maximum absolute atomic E-state index is 6.56. The van der Waals surface area contributed by atoms with Crippen LogP contribution in [0.3, 0.4) is 0 Å². The lowest BCUT2D eigenvalue weighted by Gasteiger charge is -2.24. The van der Waals surface area contributed by atoms with E-state index in [2.05, 4.69) is 185 Å². The minimum absolute atomic E-state index is 0.0632. The van der Waals surface area contributed by atoms with E-state index in [4.69, 9.17) is 4.42 Å². The van der Waals surface area contributed by atoms with Crippen LogP contribution in [0.2, 0.25) is 0 Å². The molecule has 0 amide bonds. The molecule has 0 N–H and O–H groups in total. The van der Waals surface area contributed by atoms with Gasteiger partial charge in [-0.3, -0.25) is 0 Å². The van der Waals surface area contributed by atoms with Gasteiger partial charge >= 0.3 is 0 Å². The lowest BCUT2D eigenvalue weighted by molar-refractivity contribution is 0.658. The number of furan rings is 1. The summed E-state index contributed by atoms with van der Waals surface area (Å²) < 4.78 is 6.56. The molecular weight excluding hydrogens is 665 g/mol. The van der Waals surface area contributed by atoms with Crippen LogP contribution in [-0.4, -0.2) is 0 Å². The summed E-state index contributed by atoms with van der Waals surface area (Å²) in [6, 6.07) is 59.0. The van der Waals surface area contributed by atoms with Crippen molar-refractivity contribution in [3.63, 3.8) is 0 Å². The second-order valence-electron chi connectivity index (χ2n) is 16.8. The fourth-order valence-electron chi connectivity index (χ4n) is 10.5. The molecule has 10 aromatic rings. The van der Waals surface area contributed by atoms with Crippen LogP contribution in [0.5, 0.6) is 0 Å². The molecule has 0 saturated carbocycles. The fourth-order valence-corrected chi connectivity index (χ4v) is 10.5. The molecule has 2 aliphatic rings. The van der Waals surface area contributed by atoms with Crippen molar-refractivity contribution in [3.8, 4) is 44.5 Å². The van der Waals surface area contributed by atoms with E-state index in [0.29, 0.717) is 0 Å². The van der Waals surface area contributed by atoms with Crippen molar-refractivity contribution < 1.29 is 4.42 Å². The Hall–Kier alpha value is -6.44. The van der Waals surface area contributed by atoms with Crippen molar-refractivity contribution >= 4 is 54.3 Å². The Labute approximate surface area is 320 Å². The summed E-state index contributed by atoms with van der Waals surface area (Å²) in [5.41, 5.74) is 17.6. The molecule has 9 aromatic carbocycles. The molecule has 1 heterocycles. The Morgan fingerprint density at radius 2 is 0.873 bits per heavy atom. The smallest absolute Gasteiger partial charge is 0.136 e. The van der Waals surface area contributed by atoms with Crippen molar-refractivity contribution in [3.05, 3.63) is 180 Å². The van der Waals surface area contributed by atoms with Crippen LogP contribution in [-0.2, 0) is 10.8 Å². The van der Waals surface area contributed by atoms with E-state index in [-0.39, 0.29) is 10.8 Å². The number of fused-ring (bicyclic) bond motifs is 12. The molecule has 0 atom stereocenters. The fraction of sp³-hybridized carbons (Fsp3) is 0.111. The highest BCUT2D eigenvalue weighted by molar-refractivity contribution is 6.23. The zero-order valence-corrected chi connectivity index (χ0v) is 31.4. The molecule has 1 nitrogen and oxygen atoms in total. The highest BCUT2D eigenvalue weighted by atomic mass is 16.3. The highest BCUT2D eigenvalue weighted by Crippen LogP contribution is 2.56. The summed E-state index contributed by atoms with van der Waals surface area (Å²) in [4.78, 5) is 0. The Morgan fingerprint density at radius 1 is 0.327 bits per heavy atom. The molecule has 0 spiro atoms. The van der Waals surface area contributed by atoms with Gasteiger partial charge in [0.2, 0.25) is 0 Å². The Morgan fingerprint density at radius 3 is 1.62 bits per heavy atom. The largest absolute Gasteiger partial charge is 0.456 e. The number of benzene rings is 9. The predicted molar refractivity (Wildman–Crippen MR) is 232 cm³/mol. The summed E-state index contributed by atoms with van der Waals surface area (Å²) in [6.07, 6.45) is 0. The Bertz CT molecular complexity index is 3260. The monoisotopic (exact) mass is 702 g/mol. The normalized spacial score (nSPS) is 14.8. The number of hydrogen-bond acceptors (Lipinski definition) is 1. The van der Waals surface area contributed by atoms with Crippen molar-refractivity contribution in [2.45, 2.75) is 38.5 Å². The van der Waals surface area contributed by atoms with Crippen LogP contribution in [0.4, 0.5) is 0 Å². The molecule has 0 saturated heterocycles. The number of rotatable bonds is 2. The van der Waals surface area contributed by atoms with E-state index >= 15 is 0 Å². The van der Waals surface area contributed by atoms with Gasteiger partial charge in [0.1, 0.15) is 11.2 Å². The zero-order valence-electron chi connectivity index (χ0n) is 31.4. The van der Waals surface area contributed by atoms with Crippen molar-refractivity contribution in [1.82, 2.24) is 0 Å². The number of hydrogen-bond donors (Lipinski definition) is 0. The van der Waals surface area contributed by atoms with E-state index < -0.39 is 0 Å². The van der Waals surface area contributed by atoms with E-state index in [1.54, 1.807) is 0 Å². The van der Waals surface area contributed by atoms with E-state index in [1.165, 1.54) is 110 Å². The third-order valence-electron chi connectivity index (χ3n) is 13.2. The van der Waals surface area contributed by atoms with Crippen LogP contribution in [0.25, 0.3) is 98.8 Å². The van der Waals surface area contributed by atoms with Gasteiger partial charge < -0.3 is 4.42 Å². The maximum atomic E-state index is 6.56. The lowest BCUT2D eigenvalue weighted by atomic mass is 9.79. The molecule has 0 unspecified atom stereocenters. The van der Waals surface area contributed by atoms with Gasteiger partial charge in [0.15, 0.2) is 0 Å². The summed E-state index contributed by atoms with van der Waals surface area (Å²) in [5.74, 6) is 0. The van der Waals surface area contributed by atoms with Crippen LogP contribution in [0.1, 0.15) is 49.9 Å². The minimum Gasteiger partial charge on any atom is -0.456 e. The van der Waals surface area contributed by atoms with E-state index in [0.717, 1.165) is 11.2 Å². The van der Waals surface area contributed by atoms with Gasteiger partial charge in [-0.1, -0.05) is 155 Å². The van der Waals surface area contributed by atoms with Gasteiger partial charge in [-0.05, 0) is 129 Å². The third-order valence-corrected chi connectivity index (χ3v) is 13.2. The zero-order chi connectivity index (χ0) is 36.8. The topological polar surface area (TPSA) is 13.1 Å². The second-order valence-corrected chi connectivity index (χ2v) is 16.8. The molecule has 1 heteroatoms. The quantitative estimate of drug-likeness (QED) is 0.163. The molecular formula is C54H38O. The Balaban J connectivity index is 1.08. The molecule has 12 rings (SSSR count). The maximum Gasteiger partial charge on any atom is 0.136 e. The van der Waals surface area contributed by atoms with Crippen LogP contribution in [0, 0.1) is 0 Å². The first-order valence-electron chi connectivity index (χ1n) is 19.5. The van der Waals surface area contributed by atoms with Gasteiger partial charge in [-0.2, -0.15) is 0 Å². The molecule has 2 aliphatic carbocycles. The van der Waals surface area contributed by atoms with Gasteiger partial charge in [0.25, 0.3) is 0 Å². The minimum atomic E-state index is -0.189. The summed E-state index contributed by atoms with van der Waals surface area (Å²) >= 11 is 0. The average molecular weight is 703 g/mol. The van der Waals surface area contributed by atoms with Crippen LogP contribution >= 0.6 is 0 Å². The molecule has 0 aliphatic heterocycles. The summed E-state index contributed by atoms with van der Waals surface area (Å²) in [5, 5.41) is 9.94. The summed E-state index contributed by atoms with van der Waals surface area (Å²) in [7, 11) is 0. The van der Waals surface area contributed by atoms with Gasteiger partial charge in [-0.25, -0.2) is 0 Å². The van der Waals surface area contributed by atoms with Gasteiger partial charge in [0.05, 0.1) is 0 Å². The van der Waals surface area contributed by atoms with Gasteiger partial charge in [0, 0.05) is 21.6 Å². The molecule has 1 aromatic heterocycles. The highest BCUT2D eigenvalue weighted by Gasteiger charge is 2.38. The second kappa shape index (κ2) is 10.6. The summed E-state index contributed by atoms with van der Waals surface area (Å²) in [6.45, 7) is 9.52. The van der Waals surface area contributed by atoms with Gasteiger partial charge in [-0.15, -0.1) is 0 Å². The molecule has 55 heavy (non-hydrogen) atoms. The van der Waals surface area contributed by atoms with E-state index in [1.807, 2.05) is 0 Å². The molecule has 260 valence electrons. The average Bonchev–Trinajstić information content (AvgIpc) is 3.76. The van der Waals surface area contributed by atoms with Crippen molar-refractivity contribution in [2.24, 2.45) is 0 Å². The first kappa shape index (κ1) is 31.0. The molecule has 0 radical (unpaired) electrons. The van der Waals surface area contributed by atoms with Crippen LogP contribution in [0.15, 0.2) is 162 Å². The SMILES string of the molecule is CC1(C)c2cc(-c3c4ccccc4c(-c4cccc5c4-c4ccccc4C5(C)C)c4ccccc34)ccc2-c2cc3oc4cc5ccccc5cc4c3cc21. The Kier molecular flexibility index (Phi) is 5.98. The third kappa shape index (κ3) is 4.03. The molecule has 0 fully saturated rings. The van der Waals surface area contributed by atoms with Crippen molar-refractivity contribution in [2.75, 3.05) is 0 Å². The van der Waals surface area contributed by atoms with E-state index in [9.17, 15) is 0 Å². The predicted octanol–water partition coefficient (Wildman–Crippen LogP) is 15.0.